The molecule has 0 aliphatic carbocycles. The first kappa shape index (κ1) is 19.5. The molecule has 0 fully saturated rings. The van der Waals surface area contributed by atoms with Crippen LogP contribution in [-0.2, 0) is 6.42 Å². The van der Waals surface area contributed by atoms with E-state index >= 15 is 0 Å². The number of carbonyl (C=O) groups is 1. The van der Waals surface area contributed by atoms with Gasteiger partial charge in [-0.2, -0.15) is 0 Å². The monoisotopic (exact) mass is 424 g/mol. The molecule has 0 bridgehead atoms. The van der Waals surface area contributed by atoms with Crippen molar-refractivity contribution in [2.75, 3.05) is 5.32 Å². The van der Waals surface area contributed by atoms with Gasteiger partial charge in [0.25, 0.3) is 5.91 Å². The van der Waals surface area contributed by atoms with Crippen LogP contribution in [0.2, 0.25) is 10.0 Å². The van der Waals surface area contributed by atoms with Gasteiger partial charge in [-0.05, 0) is 66.9 Å². The second-order valence-corrected chi connectivity index (χ2v) is 7.60. The van der Waals surface area contributed by atoms with Crippen LogP contribution in [0.5, 0.6) is 0 Å². The topological polar surface area (TPSA) is 55.1 Å². The highest BCUT2D eigenvalue weighted by Gasteiger charge is 2.15. The maximum Gasteiger partial charge on any atom is 0.255 e. The molecule has 0 aliphatic rings. The number of carbonyl (C=O) groups excluding carboxylic acids is 1. The summed E-state index contributed by atoms with van der Waals surface area (Å²) in [6.45, 7) is 3.98. The smallest absolute Gasteiger partial charge is 0.255 e. The third-order valence-electron chi connectivity index (χ3n) is 4.75. The Kier molecular flexibility index (Phi) is 5.31. The lowest BCUT2D eigenvalue weighted by molar-refractivity contribution is 0.102. The van der Waals surface area contributed by atoms with Crippen LogP contribution in [0.3, 0.4) is 0 Å². The molecule has 1 amide bonds. The van der Waals surface area contributed by atoms with Crippen LogP contribution in [-0.4, -0.2) is 10.9 Å². The molecule has 0 unspecified atom stereocenters. The van der Waals surface area contributed by atoms with Gasteiger partial charge >= 0.3 is 0 Å². The number of anilines is 1. The molecule has 1 N–H and O–H groups in total. The number of hydrogen-bond acceptors (Lipinski definition) is 3. The summed E-state index contributed by atoms with van der Waals surface area (Å²) in [4.78, 5) is 17.2. The number of amides is 1. The van der Waals surface area contributed by atoms with Crippen molar-refractivity contribution in [3.05, 3.63) is 81.3 Å². The van der Waals surface area contributed by atoms with Gasteiger partial charge in [0.05, 0.1) is 10.6 Å². The Balaban J connectivity index is 1.65. The van der Waals surface area contributed by atoms with Crippen molar-refractivity contribution < 1.29 is 9.21 Å². The van der Waals surface area contributed by atoms with Crippen LogP contribution in [0.4, 0.5) is 5.69 Å². The lowest BCUT2D eigenvalue weighted by Crippen LogP contribution is -2.12. The van der Waals surface area contributed by atoms with Crippen molar-refractivity contribution in [2.24, 2.45) is 0 Å². The molecule has 6 heteroatoms. The van der Waals surface area contributed by atoms with E-state index in [1.54, 1.807) is 30.3 Å². The van der Waals surface area contributed by atoms with E-state index in [4.69, 9.17) is 27.6 Å². The van der Waals surface area contributed by atoms with Gasteiger partial charge in [0.15, 0.2) is 5.58 Å². The number of halogens is 2. The van der Waals surface area contributed by atoms with Crippen molar-refractivity contribution >= 4 is 45.9 Å². The quantitative estimate of drug-likeness (QED) is 0.386. The number of benzene rings is 3. The molecule has 0 saturated heterocycles. The summed E-state index contributed by atoms with van der Waals surface area (Å²) in [7, 11) is 0. The number of aryl methyl sites for hydroxylation is 2. The van der Waals surface area contributed by atoms with E-state index in [0.29, 0.717) is 38.3 Å². The summed E-state index contributed by atoms with van der Waals surface area (Å²) in [5.74, 6) is 0.151. The maximum absolute atomic E-state index is 12.6. The highest BCUT2D eigenvalue weighted by Crippen LogP contribution is 2.33. The van der Waals surface area contributed by atoms with Crippen molar-refractivity contribution in [1.29, 1.82) is 0 Å². The van der Waals surface area contributed by atoms with Crippen LogP contribution in [0.1, 0.15) is 28.4 Å². The van der Waals surface area contributed by atoms with Gasteiger partial charge in [-0.25, -0.2) is 4.98 Å². The number of nitrogens with zero attached hydrogens (tertiary/aromatic N) is 1. The molecule has 4 nitrogen and oxygen atoms in total. The number of rotatable bonds is 4. The molecular weight excluding hydrogens is 407 g/mol. The molecular formula is C23H18Cl2N2O2. The fourth-order valence-electron chi connectivity index (χ4n) is 3.01. The third-order valence-corrected chi connectivity index (χ3v) is 5.49. The van der Waals surface area contributed by atoms with E-state index in [9.17, 15) is 4.79 Å². The van der Waals surface area contributed by atoms with Crippen LogP contribution < -0.4 is 5.32 Å². The maximum atomic E-state index is 12.6. The summed E-state index contributed by atoms with van der Waals surface area (Å²) in [5.41, 5.74) is 5.24. The zero-order valence-electron chi connectivity index (χ0n) is 15.9. The van der Waals surface area contributed by atoms with E-state index in [1.807, 2.05) is 31.2 Å². The van der Waals surface area contributed by atoms with E-state index < -0.39 is 0 Å². The molecule has 0 spiro atoms. The molecule has 1 aromatic heterocycles. The Morgan fingerprint density at radius 3 is 2.62 bits per heavy atom. The van der Waals surface area contributed by atoms with Gasteiger partial charge in [0, 0.05) is 16.3 Å². The summed E-state index contributed by atoms with van der Waals surface area (Å²) in [6.07, 6.45) is 0.920. The van der Waals surface area contributed by atoms with Gasteiger partial charge in [-0.1, -0.05) is 42.3 Å². The molecule has 0 saturated carbocycles. The highest BCUT2D eigenvalue weighted by atomic mass is 35.5. The summed E-state index contributed by atoms with van der Waals surface area (Å²) in [6, 6.07) is 16.3. The Morgan fingerprint density at radius 1 is 1.03 bits per heavy atom. The lowest BCUT2D eigenvalue weighted by Gasteiger charge is -2.08. The van der Waals surface area contributed by atoms with Crippen molar-refractivity contribution in [2.45, 2.75) is 20.3 Å². The molecule has 0 atom stereocenters. The zero-order chi connectivity index (χ0) is 20.5. The fourth-order valence-corrected chi connectivity index (χ4v) is 3.39. The normalized spacial score (nSPS) is 11.0. The van der Waals surface area contributed by atoms with Crippen LogP contribution in [0, 0.1) is 6.92 Å². The first-order valence-corrected chi connectivity index (χ1v) is 9.97. The largest absolute Gasteiger partial charge is 0.436 e. The SMILES string of the molecule is CCc1ccc2oc(-c3cc(NC(=O)c4ccc(C)c(Cl)c4)ccc3Cl)nc2c1. The molecule has 0 aliphatic heterocycles. The predicted octanol–water partition coefficient (Wildman–Crippen LogP) is 6.92. The van der Waals surface area contributed by atoms with E-state index in [0.717, 1.165) is 17.5 Å². The minimum absolute atomic E-state index is 0.259. The summed E-state index contributed by atoms with van der Waals surface area (Å²) < 4.78 is 5.88. The minimum atomic E-state index is -0.259. The van der Waals surface area contributed by atoms with Crippen molar-refractivity contribution in [3.63, 3.8) is 0 Å². The Labute approximate surface area is 178 Å². The number of oxazole rings is 1. The average molecular weight is 425 g/mol. The standard InChI is InChI=1S/C23H18Cl2N2O2/c1-3-14-5-9-21-20(10-14)27-23(29-21)17-12-16(7-8-18(17)24)26-22(28)15-6-4-13(2)19(25)11-15/h4-12H,3H2,1-2H3,(H,26,28). The third kappa shape index (κ3) is 4.00. The van der Waals surface area contributed by atoms with Gasteiger partial charge in [-0.15, -0.1) is 0 Å². The van der Waals surface area contributed by atoms with Gasteiger partial charge in [-0.3, -0.25) is 4.79 Å². The number of fused-ring (bicyclic) bond motifs is 1. The zero-order valence-corrected chi connectivity index (χ0v) is 17.4. The second kappa shape index (κ2) is 7.90. The molecule has 3 aromatic carbocycles. The Bertz CT molecular complexity index is 1230. The predicted molar refractivity (Wildman–Crippen MR) is 118 cm³/mol. The number of aromatic nitrogens is 1. The van der Waals surface area contributed by atoms with E-state index in [-0.39, 0.29) is 5.91 Å². The van der Waals surface area contributed by atoms with Crippen molar-refractivity contribution in [1.82, 2.24) is 4.98 Å². The van der Waals surface area contributed by atoms with Crippen LogP contribution >= 0.6 is 23.2 Å². The second-order valence-electron chi connectivity index (χ2n) is 6.79. The van der Waals surface area contributed by atoms with Gasteiger partial charge < -0.3 is 9.73 Å². The highest BCUT2D eigenvalue weighted by molar-refractivity contribution is 6.33. The summed E-state index contributed by atoms with van der Waals surface area (Å²) in [5, 5.41) is 3.91. The average Bonchev–Trinajstić information content (AvgIpc) is 3.14. The van der Waals surface area contributed by atoms with Crippen LogP contribution in [0.25, 0.3) is 22.6 Å². The molecule has 29 heavy (non-hydrogen) atoms. The molecule has 0 radical (unpaired) electrons. The Hall–Kier alpha value is -2.82. The first-order chi connectivity index (χ1) is 13.9. The van der Waals surface area contributed by atoms with Gasteiger partial charge in [0.1, 0.15) is 5.52 Å². The first-order valence-electron chi connectivity index (χ1n) is 9.21. The molecule has 146 valence electrons. The van der Waals surface area contributed by atoms with E-state index in [2.05, 4.69) is 17.2 Å². The molecule has 4 aromatic rings. The number of hydrogen-bond donors (Lipinski definition) is 1. The molecule has 4 rings (SSSR count). The van der Waals surface area contributed by atoms with Crippen LogP contribution in [0.15, 0.2) is 59.0 Å². The summed E-state index contributed by atoms with van der Waals surface area (Å²) >= 11 is 12.5. The fraction of sp³-hybridized carbons (Fsp3) is 0.130. The Morgan fingerprint density at radius 2 is 1.86 bits per heavy atom. The van der Waals surface area contributed by atoms with Crippen molar-refractivity contribution in [3.8, 4) is 11.5 Å². The lowest BCUT2D eigenvalue weighted by atomic mass is 10.1. The number of nitrogens with one attached hydrogen (secondary N) is 1. The van der Waals surface area contributed by atoms with E-state index in [1.165, 1.54) is 5.56 Å². The van der Waals surface area contributed by atoms with Gasteiger partial charge in [0.2, 0.25) is 5.89 Å². The minimum Gasteiger partial charge on any atom is -0.436 e. The molecule has 1 heterocycles.